The molecule has 0 spiro atoms. The van der Waals surface area contributed by atoms with Gasteiger partial charge in [-0.2, -0.15) is 4.52 Å². The van der Waals surface area contributed by atoms with Gasteiger partial charge in [-0.05, 0) is 48.9 Å². The minimum Gasteiger partial charge on any atom is -0.365 e. The van der Waals surface area contributed by atoms with Gasteiger partial charge in [0.05, 0.1) is 4.90 Å². The second-order valence-corrected chi connectivity index (χ2v) is 8.54. The van der Waals surface area contributed by atoms with Gasteiger partial charge in [0, 0.05) is 31.9 Å². The van der Waals surface area contributed by atoms with Gasteiger partial charge in [-0.1, -0.05) is 17.7 Å². The van der Waals surface area contributed by atoms with Gasteiger partial charge in [0.25, 0.3) is 0 Å². The third kappa shape index (κ3) is 4.61. The van der Waals surface area contributed by atoms with E-state index in [2.05, 4.69) is 30.3 Å². The van der Waals surface area contributed by atoms with E-state index in [1.165, 1.54) is 0 Å². The van der Waals surface area contributed by atoms with Crippen LogP contribution >= 0.6 is 0 Å². The number of aryl methyl sites for hydroxylation is 1. The van der Waals surface area contributed by atoms with Crippen molar-refractivity contribution in [2.75, 3.05) is 11.9 Å². The Morgan fingerprint density at radius 2 is 1.73 bits per heavy atom. The molecule has 0 saturated carbocycles. The van der Waals surface area contributed by atoms with Crippen molar-refractivity contribution in [3.63, 3.8) is 0 Å². The first-order valence-corrected chi connectivity index (χ1v) is 10.9. The summed E-state index contributed by atoms with van der Waals surface area (Å²) in [5.41, 5.74) is 2.69. The summed E-state index contributed by atoms with van der Waals surface area (Å²) in [7, 11) is -3.58. The van der Waals surface area contributed by atoms with Gasteiger partial charge < -0.3 is 5.32 Å². The van der Waals surface area contributed by atoms with Gasteiger partial charge in [-0.25, -0.2) is 13.1 Å². The second kappa shape index (κ2) is 8.56. The van der Waals surface area contributed by atoms with Crippen LogP contribution in [0, 0.1) is 6.92 Å². The highest BCUT2D eigenvalue weighted by Gasteiger charge is 2.14. The van der Waals surface area contributed by atoms with Crippen LogP contribution in [-0.2, 0) is 23.0 Å². The van der Waals surface area contributed by atoms with Crippen LogP contribution in [0.2, 0.25) is 0 Å². The fraction of sp³-hybridized carbons (Fsp3) is 0.200. The molecule has 3 aromatic heterocycles. The van der Waals surface area contributed by atoms with Crippen molar-refractivity contribution in [3.8, 4) is 0 Å². The molecule has 4 rings (SSSR count). The topological polar surface area (TPSA) is 114 Å². The smallest absolute Gasteiger partial charge is 0.240 e. The van der Waals surface area contributed by atoms with Crippen LogP contribution in [0.3, 0.4) is 0 Å². The van der Waals surface area contributed by atoms with Crippen LogP contribution < -0.4 is 10.0 Å². The van der Waals surface area contributed by atoms with Crippen LogP contribution in [0.15, 0.2) is 65.8 Å². The molecule has 154 valence electrons. The molecule has 4 aromatic rings. The highest BCUT2D eigenvalue weighted by Crippen LogP contribution is 2.11. The van der Waals surface area contributed by atoms with Crippen LogP contribution in [0.5, 0.6) is 0 Å². The maximum absolute atomic E-state index is 12.4. The standard InChI is InChI=1S/C20H21N7O2S/c1-15-2-4-17(5-3-15)30(28,29)23-13-10-20-25-24-19-7-6-18(26-27(19)20)22-14-16-8-11-21-12-9-16/h2-9,11-12,23H,10,13-14H2,1H3,(H,22,26). The van der Waals surface area contributed by atoms with E-state index < -0.39 is 10.0 Å². The normalized spacial score (nSPS) is 11.6. The number of aromatic nitrogens is 5. The van der Waals surface area contributed by atoms with E-state index in [4.69, 9.17) is 0 Å². The lowest BCUT2D eigenvalue weighted by Gasteiger charge is -2.08. The quantitative estimate of drug-likeness (QED) is 0.445. The molecule has 0 atom stereocenters. The van der Waals surface area contributed by atoms with Crippen molar-refractivity contribution < 1.29 is 8.42 Å². The summed E-state index contributed by atoms with van der Waals surface area (Å²) >= 11 is 0. The first kappa shape index (κ1) is 19.9. The predicted molar refractivity (Wildman–Crippen MR) is 112 cm³/mol. The SMILES string of the molecule is Cc1ccc(S(=O)(=O)NCCc2nnc3ccc(NCc4ccncc4)nn23)cc1. The van der Waals surface area contributed by atoms with Crippen molar-refractivity contribution in [1.29, 1.82) is 0 Å². The Kier molecular flexibility index (Phi) is 5.68. The minimum atomic E-state index is -3.58. The first-order chi connectivity index (χ1) is 14.5. The van der Waals surface area contributed by atoms with E-state index >= 15 is 0 Å². The molecular formula is C20H21N7O2S. The molecule has 9 nitrogen and oxygen atoms in total. The lowest BCUT2D eigenvalue weighted by molar-refractivity contribution is 0.580. The number of hydrogen-bond acceptors (Lipinski definition) is 7. The minimum absolute atomic E-state index is 0.188. The number of fused-ring (bicyclic) bond motifs is 1. The summed E-state index contributed by atoms with van der Waals surface area (Å²) in [6.45, 7) is 2.70. The Morgan fingerprint density at radius 1 is 0.967 bits per heavy atom. The fourth-order valence-electron chi connectivity index (χ4n) is 2.87. The number of nitrogens with zero attached hydrogens (tertiary/aromatic N) is 5. The average molecular weight is 424 g/mol. The van der Waals surface area contributed by atoms with Crippen molar-refractivity contribution >= 4 is 21.5 Å². The Morgan fingerprint density at radius 3 is 2.50 bits per heavy atom. The van der Waals surface area contributed by atoms with Crippen molar-refractivity contribution in [2.24, 2.45) is 0 Å². The summed E-state index contributed by atoms with van der Waals surface area (Å²) < 4.78 is 29.1. The van der Waals surface area contributed by atoms with E-state index in [1.807, 2.05) is 31.2 Å². The van der Waals surface area contributed by atoms with E-state index in [1.54, 1.807) is 41.2 Å². The molecule has 0 radical (unpaired) electrons. The monoisotopic (exact) mass is 423 g/mol. The van der Waals surface area contributed by atoms with Gasteiger partial charge in [0.2, 0.25) is 10.0 Å². The summed E-state index contributed by atoms with van der Waals surface area (Å²) in [5, 5.41) is 16.0. The molecule has 0 aliphatic heterocycles. The van der Waals surface area contributed by atoms with Crippen molar-refractivity contribution in [3.05, 3.63) is 77.9 Å². The van der Waals surface area contributed by atoms with Crippen molar-refractivity contribution in [2.45, 2.75) is 24.8 Å². The number of hydrogen-bond donors (Lipinski definition) is 2. The number of nitrogens with one attached hydrogen (secondary N) is 2. The number of anilines is 1. The third-order valence-corrected chi connectivity index (χ3v) is 6.00. The van der Waals surface area contributed by atoms with E-state index in [9.17, 15) is 8.42 Å². The van der Waals surface area contributed by atoms with Gasteiger partial charge in [0.1, 0.15) is 5.82 Å². The molecule has 0 bridgehead atoms. The second-order valence-electron chi connectivity index (χ2n) is 6.77. The molecule has 0 aliphatic carbocycles. The molecular weight excluding hydrogens is 402 g/mol. The summed E-state index contributed by atoms with van der Waals surface area (Å²) in [6.07, 6.45) is 3.83. The Hall–Kier alpha value is -3.37. The predicted octanol–water partition coefficient (Wildman–Crippen LogP) is 1.96. The molecule has 10 heteroatoms. The van der Waals surface area contributed by atoms with Crippen LogP contribution in [-0.4, -0.2) is 39.8 Å². The highest BCUT2D eigenvalue weighted by atomic mass is 32.2. The first-order valence-electron chi connectivity index (χ1n) is 9.42. The number of pyridine rings is 1. The Bertz CT molecular complexity index is 1240. The average Bonchev–Trinajstić information content (AvgIpc) is 3.15. The number of sulfonamides is 1. The maximum Gasteiger partial charge on any atom is 0.240 e. The third-order valence-electron chi connectivity index (χ3n) is 4.52. The molecule has 0 fully saturated rings. The van der Waals surface area contributed by atoms with E-state index in [0.717, 1.165) is 11.1 Å². The largest absolute Gasteiger partial charge is 0.365 e. The summed E-state index contributed by atoms with van der Waals surface area (Å²) in [4.78, 5) is 4.24. The van der Waals surface area contributed by atoms with Crippen LogP contribution in [0.4, 0.5) is 5.82 Å². The molecule has 1 aromatic carbocycles. The number of benzene rings is 1. The zero-order valence-corrected chi connectivity index (χ0v) is 17.2. The van der Waals surface area contributed by atoms with Crippen LogP contribution in [0.25, 0.3) is 5.65 Å². The lowest BCUT2D eigenvalue weighted by Crippen LogP contribution is -2.26. The summed E-state index contributed by atoms with van der Waals surface area (Å²) in [5.74, 6) is 1.24. The zero-order valence-electron chi connectivity index (χ0n) is 16.4. The zero-order chi connectivity index (χ0) is 21.0. The molecule has 30 heavy (non-hydrogen) atoms. The fourth-order valence-corrected chi connectivity index (χ4v) is 3.91. The van der Waals surface area contributed by atoms with Gasteiger partial charge >= 0.3 is 0 Å². The van der Waals surface area contributed by atoms with Crippen molar-refractivity contribution in [1.82, 2.24) is 29.5 Å². The highest BCUT2D eigenvalue weighted by molar-refractivity contribution is 7.89. The Labute approximate surface area is 174 Å². The van der Waals surface area contributed by atoms with Gasteiger partial charge in [-0.3, -0.25) is 4.98 Å². The maximum atomic E-state index is 12.4. The van der Waals surface area contributed by atoms with Gasteiger partial charge in [0.15, 0.2) is 11.5 Å². The summed E-state index contributed by atoms with van der Waals surface area (Å²) in [6, 6.07) is 14.2. The molecule has 3 heterocycles. The Balaban J connectivity index is 1.42. The molecule has 0 unspecified atom stereocenters. The number of rotatable bonds is 8. The molecule has 0 saturated heterocycles. The lowest BCUT2D eigenvalue weighted by atomic mass is 10.2. The van der Waals surface area contributed by atoms with Gasteiger partial charge in [-0.15, -0.1) is 15.3 Å². The molecule has 0 amide bonds. The van der Waals surface area contributed by atoms with E-state index in [0.29, 0.717) is 30.3 Å². The molecule has 0 aliphatic rings. The van der Waals surface area contributed by atoms with E-state index in [-0.39, 0.29) is 11.4 Å². The van der Waals surface area contributed by atoms with Crippen LogP contribution in [0.1, 0.15) is 17.0 Å². The molecule has 2 N–H and O–H groups in total.